The van der Waals surface area contributed by atoms with Crippen LogP contribution in [0, 0.1) is 0 Å². The fourth-order valence-corrected chi connectivity index (χ4v) is 4.57. The molecule has 6 heteroatoms. The molecule has 0 bridgehead atoms. The summed E-state index contributed by atoms with van der Waals surface area (Å²) in [5.74, 6) is 5.75. The van der Waals surface area contributed by atoms with Gasteiger partial charge in [-0.05, 0) is 66.7 Å². The van der Waals surface area contributed by atoms with E-state index in [-0.39, 0.29) is 6.04 Å². The first-order valence-corrected chi connectivity index (χ1v) is 8.88. The lowest BCUT2D eigenvalue weighted by atomic mass is 10.0. The van der Waals surface area contributed by atoms with Gasteiger partial charge in [0, 0.05) is 19.8 Å². The maximum absolute atomic E-state index is 5.75. The summed E-state index contributed by atoms with van der Waals surface area (Å²) in [5.41, 5.74) is 5.08. The topological polar surface area (TPSA) is 50.9 Å². The number of rotatable bonds is 4. The molecule has 0 radical (unpaired) electrons. The third-order valence-corrected chi connectivity index (χ3v) is 5.43. The number of fused-ring (bicyclic) bond motifs is 1. The first-order valence-electron chi connectivity index (χ1n) is 6.41. The van der Waals surface area contributed by atoms with Gasteiger partial charge in [-0.1, -0.05) is 18.2 Å². The van der Waals surface area contributed by atoms with Crippen LogP contribution in [0.1, 0.15) is 17.3 Å². The molecule has 0 fully saturated rings. The van der Waals surface area contributed by atoms with E-state index in [9.17, 15) is 0 Å². The molecular formula is C15H13Br2N3S. The zero-order chi connectivity index (χ0) is 14.8. The highest BCUT2D eigenvalue weighted by atomic mass is 79.9. The average molecular weight is 427 g/mol. The van der Waals surface area contributed by atoms with Gasteiger partial charge in [0.2, 0.25) is 0 Å². The quantitative estimate of drug-likeness (QED) is 0.474. The Hall–Kier alpha value is -0.790. The summed E-state index contributed by atoms with van der Waals surface area (Å²) in [5, 5.41) is 3.48. The van der Waals surface area contributed by atoms with Gasteiger partial charge in [-0.25, -0.2) is 0 Å². The second kappa shape index (κ2) is 6.54. The van der Waals surface area contributed by atoms with Crippen molar-refractivity contribution in [1.82, 2.24) is 10.4 Å². The van der Waals surface area contributed by atoms with Crippen molar-refractivity contribution in [2.45, 2.75) is 12.5 Å². The molecule has 2 aromatic heterocycles. The van der Waals surface area contributed by atoms with Crippen LogP contribution in [0.4, 0.5) is 0 Å². The highest BCUT2D eigenvalue weighted by Crippen LogP contribution is 2.31. The molecule has 0 aliphatic heterocycles. The van der Waals surface area contributed by atoms with Gasteiger partial charge in [0.15, 0.2) is 0 Å². The Labute approximate surface area is 143 Å². The Kier molecular flexibility index (Phi) is 4.71. The van der Waals surface area contributed by atoms with Crippen molar-refractivity contribution >= 4 is 53.3 Å². The monoisotopic (exact) mass is 425 g/mol. The van der Waals surface area contributed by atoms with Crippen LogP contribution in [-0.4, -0.2) is 4.98 Å². The highest BCUT2D eigenvalue weighted by molar-refractivity contribution is 9.11. The maximum atomic E-state index is 5.75. The number of nitrogens with zero attached hydrogens (tertiary/aromatic N) is 1. The summed E-state index contributed by atoms with van der Waals surface area (Å²) in [6, 6.07) is 10.4. The van der Waals surface area contributed by atoms with Crippen molar-refractivity contribution in [3.05, 3.63) is 62.1 Å². The Morgan fingerprint density at radius 3 is 2.86 bits per heavy atom. The van der Waals surface area contributed by atoms with Crippen LogP contribution < -0.4 is 11.3 Å². The molecular weight excluding hydrogens is 414 g/mol. The van der Waals surface area contributed by atoms with E-state index < -0.39 is 0 Å². The fourth-order valence-electron chi connectivity index (χ4n) is 2.33. The summed E-state index contributed by atoms with van der Waals surface area (Å²) in [6.07, 6.45) is 2.59. The summed E-state index contributed by atoms with van der Waals surface area (Å²) in [6.45, 7) is 0. The maximum Gasteiger partial charge on any atom is 0.0732 e. The lowest BCUT2D eigenvalue weighted by Gasteiger charge is -2.16. The Balaban J connectivity index is 1.94. The van der Waals surface area contributed by atoms with Crippen LogP contribution in [-0.2, 0) is 6.42 Å². The van der Waals surface area contributed by atoms with Gasteiger partial charge in [-0.15, -0.1) is 11.3 Å². The van der Waals surface area contributed by atoms with Crippen molar-refractivity contribution in [3.63, 3.8) is 0 Å². The van der Waals surface area contributed by atoms with Crippen molar-refractivity contribution in [2.75, 3.05) is 0 Å². The molecule has 3 rings (SSSR count). The van der Waals surface area contributed by atoms with Crippen LogP contribution in [0.5, 0.6) is 0 Å². The molecule has 3 N–H and O–H groups in total. The molecule has 0 saturated carbocycles. The van der Waals surface area contributed by atoms with Crippen molar-refractivity contribution in [2.24, 2.45) is 5.84 Å². The molecule has 108 valence electrons. The lowest BCUT2D eigenvalue weighted by molar-refractivity contribution is 0.538. The summed E-state index contributed by atoms with van der Waals surface area (Å²) < 4.78 is 3.18. The number of hydrogen-bond donors (Lipinski definition) is 2. The summed E-state index contributed by atoms with van der Waals surface area (Å²) >= 11 is 8.73. The Morgan fingerprint density at radius 1 is 1.29 bits per heavy atom. The SMILES string of the molecule is NNC(Cc1csc2ccccc12)c1ncc(Br)cc1Br. The van der Waals surface area contributed by atoms with Gasteiger partial charge in [0.05, 0.1) is 11.7 Å². The van der Waals surface area contributed by atoms with Crippen LogP contribution in [0.25, 0.3) is 10.1 Å². The van der Waals surface area contributed by atoms with Gasteiger partial charge < -0.3 is 0 Å². The van der Waals surface area contributed by atoms with E-state index in [1.54, 1.807) is 17.5 Å². The number of nitrogens with one attached hydrogen (secondary N) is 1. The minimum Gasteiger partial charge on any atom is -0.271 e. The van der Waals surface area contributed by atoms with Gasteiger partial charge in [0.1, 0.15) is 0 Å². The second-order valence-electron chi connectivity index (χ2n) is 4.70. The molecule has 3 nitrogen and oxygen atoms in total. The first kappa shape index (κ1) is 15.1. The van der Waals surface area contributed by atoms with E-state index in [2.05, 4.69) is 71.9 Å². The minimum atomic E-state index is -0.0366. The molecule has 3 aromatic rings. The van der Waals surface area contributed by atoms with Crippen LogP contribution in [0.2, 0.25) is 0 Å². The third kappa shape index (κ3) is 3.19. The van der Waals surface area contributed by atoms with Gasteiger partial charge >= 0.3 is 0 Å². The lowest BCUT2D eigenvalue weighted by Crippen LogP contribution is -2.30. The summed E-state index contributed by atoms with van der Waals surface area (Å²) in [4.78, 5) is 4.48. The van der Waals surface area contributed by atoms with E-state index >= 15 is 0 Å². The molecule has 0 spiro atoms. The Morgan fingerprint density at radius 2 is 2.10 bits per heavy atom. The van der Waals surface area contributed by atoms with Crippen molar-refractivity contribution in [1.29, 1.82) is 0 Å². The van der Waals surface area contributed by atoms with E-state index in [0.29, 0.717) is 0 Å². The number of aromatic nitrogens is 1. The third-order valence-electron chi connectivity index (χ3n) is 3.35. The zero-order valence-electron chi connectivity index (χ0n) is 11.0. The predicted molar refractivity (Wildman–Crippen MR) is 95.2 cm³/mol. The van der Waals surface area contributed by atoms with E-state index in [1.165, 1.54) is 15.6 Å². The number of pyridine rings is 1. The predicted octanol–water partition coefficient (Wildman–Crippen LogP) is 4.57. The molecule has 2 heterocycles. The van der Waals surface area contributed by atoms with Crippen molar-refractivity contribution in [3.8, 4) is 0 Å². The number of benzene rings is 1. The first-order chi connectivity index (χ1) is 10.2. The number of halogens is 2. The fraction of sp³-hybridized carbons (Fsp3) is 0.133. The van der Waals surface area contributed by atoms with Gasteiger partial charge in [-0.2, -0.15) is 0 Å². The molecule has 21 heavy (non-hydrogen) atoms. The van der Waals surface area contributed by atoms with Crippen LogP contribution in [0.15, 0.2) is 50.9 Å². The van der Waals surface area contributed by atoms with Crippen LogP contribution >= 0.6 is 43.2 Å². The second-order valence-corrected chi connectivity index (χ2v) is 7.38. The molecule has 1 unspecified atom stereocenters. The number of hydrazine groups is 1. The van der Waals surface area contributed by atoms with Gasteiger partial charge in [-0.3, -0.25) is 16.3 Å². The number of hydrogen-bond acceptors (Lipinski definition) is 4. The van der Waals surface area contributed by atoms with Crippen molar-refractivity contribution < 1.29 is 0 Å². The highest BCUT2D eigenvalue weighted by Gasteiger charge is 2.17. The average Bonchev–Trinajstić information content (AvgIpc) is 2.89. The van der Waals surface area contributed by atoms with Crippen LogP contribution in [0.3, 0.4) is 0 Å². The molecule has 0 aliphatic carbocycles. The van der Waals surface area contributed by atoms with E-state index in [4.69, 9.17) is 5.84 Å². The largest absolute Gasteiger partial charge is 0.271 e. The number of nitrogens with two attached hydrogens (primary N) is 1. The summed E-state index contributed by atoms with van der Waals surface area (Å²) in [7, 11) is 0. The van der Waals surface area contributed by atoms with Gasteiger partial charge in [0.25, 0.3) is 0 Å². The molecule has 0 amide bonds. The molecule has 0 saturated heterocycles. The molecule has 1 atom stereocenters. The standard InChI is InChI=1S/C15H13Br2N3S/c16-10-6-12(17)15(19-7-10)13(20-18)5-9-8-21-14-4-2-1-3-11(9)14/h1-4,6-8,13,20H,5,18H2. The minimum absolute atomic E-state index is 0.0366. The smallest absolute Gasteiger partial charge is 0.0732 e. The molecule has 0 aliphatic rings. The molecule has 1 aromatic carbocycles. The Bertz CT molecular complexity index is 772. The normalized spacial score (nSPS) is 12.7. The zero-order valence-corrected chi connectivity index (χ0v) is 15.0. The number of thiophene rings is 1. The van der Waals surface area contributed by atoms with E-state index in [0.717, 1.165) is 21.1 Å². The van der Waals surface area contributed by atoms with E-state index in [1.807, 2.05) is 6.07 Å².